The van der Waals surface area contributed by atoms with Crippen LogP contribution in [0.3, 0.4) is 0 Å². The Bertz CT molecular complexity index is 761. The molecule has 0 amide bonds. The lowest BCUT2D eigenvalue weighted by atomic mass is 9.85. The minimum absolute atomic E-state index is 0.263. The van der Waals surface area contributed by atoms with Crippen molar-refractivity contribution in [1.29, 1.82) is 0 Å². The lowest BCUT2D eigenvalue weighted by molar-refractivity contribution is 0.0318. The van der Waals surface area contributed by atoms with Crippen LogP contribution in [0.25, 0.3) is 0 Å². The zero-order chi connectivity index (χ0) is 20.5. The molecule has 0 fully saturated rings. The summed E-state index contributed by atoms with van der Waals surface area (Å²) in [6.07, 6.45) is 6.27. The van der Waals surface area contributed by atoms with Gasteiger partial charge in [0.05, 0.1) is 19.3 Å². The van der Waals surface area contributed by atoms with Crippen LogP contribution in [0.15, 0.2) is 42.5 Å². The minimum Gasteiger partial charge on any atom is -0.494 e. The molecule has 3 N–H and O–H groups in total. The molecule has 4 heteroatoms. The first-order valence-corrected chi connectivity index (χ1v) is 11.0. The number of nitrogens with two attached hydrogens (primary N) is 1. The van der Waals surface area contributed by atoms with Gasteiger partial charge in [-0.05, 0) is 85.9 Å². The van der Waals surface area contributed by atoms with Gasteiger partial charge in [0.1, 0.15) is 5.75 Å². The fourth-order valence-corrected chi connectivity index (χ4v) is 4.17. The van der Waals surface area contributed by atoms with E-state index in [-0.39, 0.29) is 12.7 Å². The van der Waals surface area contributed by atoms with Crippen LogP contribution in [0, 0.1) is 0 Å². The van der Waals surface area contributed by atoms with Crippen LogP contribution in [-0.2, 0) is 24.2 Å². The predicted molar refractivity (Wildman–Crippen MR) is 117 cm³/mol. The van der Waals surface area contributed by atoms with Gasteiger partial charge in [-0.1, -0.05) is 36.8 Å². The molecular formula is C25H35NO3. The molecular weight excluding hydrogens is 362 g/mol. The van der Waals surface area contributed by atoms with Crippen molar-refractivity contribution < 1.29 is 14.6 Å². The number of rotatable bonds is 11. The molecule has 0 radical (unpaired) electrons. The summed E-state index contributed by atoms with van der Waals surface area (Å²) in [7, 11) is 0. The molecule has 0 saturated heterocycles. The van der Waals surface area contributed by atoms with Gasteiger partial charge in [-0.15, -0.1) is 0 Å². The Morgan fingerprint density at radius 3 is 2.83 bits per heavy atom. The van der Waals surface area contributed by atoms with E-state index in [1.807, 2.05) is 19.1 Å². The Balaban J connectivity index is 1.56. The second-order valence-corrected chi connectivity index (χ2v) is 7.94. The summed E-state index contributed by atoms with van der Waals surface area (Å²) in [5.41, 5.74) is 11.4. The molecule has 2 atom stereocenters. The fourth-order valence-electron chi connectivity index (χ4n) is 4.17. The number of hydrogen-bond acceptors (Lipinski definition) is 4. The maximum atomic E-state index is 9.01. The molecule has 1 aliphatic carbocycles. The van der Waals surface area contributed by atoms with Crippen molar-refractivity contribution in [2.45, 2.75) is 64.1 Å². The lowest BCUT2D eigenvalue weighted by Gasteiger charge is -2.26. The van der Waals surface area contributed by atoms with Crippen molar-refractivity contribution in [2.24, 2.45) is 5.73 Å². The molecule has 0 aliphatic heterocycles. The topological polar surface area (TPSA) is 64.7 Å². The van der Waals surface area contributed by atoms with Crippen LogP contribution in [0.5, 0.6) is 5.75 Å². The van der Waals surface area contributed by atoms with E-state index in [0.717, 1.165) is 49.8 Å². The van der Waals surface area contributed by atoms with Gasteiger partial charge >= 0.3 is 0 Å². The summed E-state index contributed by atoms with van der Waals surface area (Å²) in [4.78, 5) is 0. The summed E-state index contributed by atoms with van der Waals surface area (Å²) >= 11 is 0. The third-order valence-corrected chi connectivity index (χ3v) is 5.83. The molecule has 0 bridgehead atoms. The summed E-state index contributed by atoms with van der Waals surface area (Å²) in [5.74, 6) is 1.29. The summed E-state index contributed by atoms with van der Waals surface area (Å²) in [6.45, 7) is 4.23. The highest BCUT2D eigenvalue weighted by Gasteiger charge is 2.21. The molecule has 0 saturated carbocycles. The van der Waals surface area contributed by atoms with E-state index in [9.17, 15) is 0 Å². The van der Waals surface area contributed by atoms with E-state index in [1.165, 1.54) is 16.7 Å². The van der Waals surface area contributed by atoms with Gasteiger partial charge in [0.2, 0.25) is 0 Å². The Hall–Kier alpha value is -1.88. The summed E-state index contributed by atoms with van der Waals surface area (Å²) < 4.78 is 11.8. The van der Waals surface area contributed by atoms with Gasteiger partial charge in [0.15, 0.2) is 0 Å². The number of unbranched alkanes of at least 4 members (excludes halogenated alkanes) is 1. The van der Waals surface area contributed by atoms with Gasteiger partial charge in [-0.3, -0.25) is 0 Å². The third kappa shape index (κ3) is 6.30. The molecule has 1 aliphatic rings. The first kappa shape index (κ1) is 21.8. The highest BCUT2D eigenvalue weighted by atomic mass is 16.5. The maximum absolute atomic E-state index is 9.01. The van der Waals surface area contributed by atoms with E-state index in [4.69, 9.17) is 20.3 Å². The van der Waals surface area contributed by atoms with Crippen LogP contribution in [0.2, 0.25) is 0 Å². The van der Waals surface area contributed by atoms with Crippen molar-refractivity contribution >= 4 is 0 Å². The van der Waals surface area contributed by atoms with Crippen molar-refractivity contribution in [2.75, 3.05) is 19.8 Å². The summed E-state index contributed by atoms with van der Waals surface area (Å²) in [5, 5.41) is 9.01. The molecule has 2 aromatic carbocycles. The molecule has 4 nitrogen and oxygen atoms in total. The number of benzene rings is 2. The minimum atomic E-state index is 0.263. The largest absolute Gasteiger partial charge is 0.494 e. The normalized spacial score (nSPS) is 17.0. The van der Waals surface area contributed by atoms with Crippen LogP contribution in [0.1, 0.15) is 60.8 Å². The van der Waals surface area contributed by atoms with Crippen LogP contribution < -0.4 is 10.5 Å². The van der Waals surface area contributed by atoms with Crippen LogP contribution in [0.4, 0.5) is 0 Å². The molecule has 0 unspecified atom stereocenters. The van der Waals surface area contributed by atoms with E-state index >= 15 is 0 Å². The van der Waals surface area contributed by atoms with Crippen molar-refractivity contribution in [3.05, 3.63) is 64.7 Å². The SMILES string of the molecule is CCOc1cccc(CO[C@@H]2CCc3cc([C@H](CN)CCCCO)ccc3C2)c1. The van der Waals surface area contributed by atoms with E-state index in [1.54, 1.807) is 0 Å². The molecule has 0 aromatic heterocycles. The standard InChI is InChI=1S/C25H35NO3/c1-2-28-24-8-5-6-19(14-24)18-29-25-12-11-20-15-21(9-10-22(20)16-25)23(17-26)7-3-4-13-27/h5-6,8-10,14-15,23,25,27H,2-4,7,11-13,16-18,26H2,1H3/t23-,25+/m0/s1. The zero-order valence-electron chi connectivity index (χ0n) is 17.6. The molecule has 0 heterocycles. The van der Waals surface area contributed by atoms with E-state index in [0.29, 0.717) is 25.7 Å². The Morgan fingerprint density at radius 2 is 2.03 bits per heavy atom. The molecule has 158 valence electrons. The van der Waals surface area contributed by atoms with Crippen molar-refractivity contribution in [3.8, 4) is 5.75 Å². The average molecular weight is 398 g/mol. The fraction of sp³-hybridized carbons (Fsp3) is 0.520. The van der Waals surface area contributed by atoms with E-state index < -0.39 is 0 Å². The summed E-state index contributed by atoms with van der Waals surface area (Å²) in [6, 6.07) is 15.0. The van der Waals surface area contributed by atoms with Gasteiger partial charge in [-0.25, -0.2) is 0 Å². The first-order valence-electron chi connectivity index (χ1n) is 11.0. The van der Waals surface area contributed by atoms with Gasteiger partial charge in [-0.2, -0.15) is 0 Å². The van der Waals surface area contributed by atoms with Crippen molar-refractivity contribution in [3.63, 3.8) is 0 Å². The molecule has 3 rings (SSSR count). The Labute approximate surface area is 175 Å². The average Bonchev–Trinajstić information content (AvgIpc) is 2.75. The second-order valence-electron chi connectivity index (χ2n) is 7.94. The molecule has 29 heavy (non-hydrogen) atoms. The number of ether oxygens (including phenoxy) is 2. The quantitative estimate of drug-likeness (QED) is 0.553. The van der Waals surface area contributed by atoms with Gasteiger partial charge < -0.3 is 20.3 Å². The molecule has 2 aromatic rings. The number of hydrogen-bond donors (Lipinski definition) is 2. The smallest absolute Gasteiger partial charge is 0.119 e. The Morgan fingerprint density at radius 1 is 1.14 bits per heavy atom. The van der Waals surface area contributed by atoms with Gasteiger partial charge in [0, 0.05) is 6.61 Å². The maximum Gasteiger partial charge on any atom is 0.119 e. The number of aliphatic hydroxyl groups is 1. The second kappa shape index (κ2) is 11.3. The van der Waals surface area contributed by atoms with Gasteiger partial charge in [0.25, 0.3) is 0 Å². The number of aliphatic hydroxyl groups excluding tert-OH is 1. The monoisotopic (exact) mass is 397 g/mol. The number of fused-ring (bicyclic) bond motifs is 1. The lowest BCUT2D eigenvalue weighted by Crippen LogP contribution is -2.23. The Kier molecular flexibility index (Phi) is 8.53. The predicted octanol–water partition coefficient (Wildman–Crippen LogP) is 4.36. The molecule has 0 spiro atoms. The first-order chi connectivity index (χ1) is 14.2. The van der Waals surface area contributed by atoms with Crippen LogP contribution in [-0.4, -0.2) is 31.0 Å². The highest BCUT2D eigenvalue weighted by molar-refractivity contribution is 5.36. The van der Waals surface area contributed by atoms with Crippen molar-refractivity contribution in [1.82, 2.24) is 0 Å². The zero-order valence-corrected chi connectivity index (χ0v) is 17.6. The third-order valence-electron chi connectivity index (χ3n) is 5.83. The number of aryl methyl sites for hydroxylation is 1. The highest BCUT2D eigenvalue weighted by Crippen LogP contribution is 2.29. The van der Waals surface area contributed by atoms with E-state index in [2.05, 4.69) is 30.3 Å². The van der Waals surface area contributed by atoms with Crippen LogP contribution >= 0.6 is 0 Å².